The van der Waals surface area contributed by atoms with E-state index in [0.29, 0.717) is 108 Å². The van der Waals surface area contributed by atoms with E-state index in [4.69, 9.17) is 35.3 Å². The Labute approximate surface area is 629 Å². The highest BCUT2D eigenvalue weighted by Gasteiger charge is 2.30. The average molecular weight is 1500 g/mol. The molecule has 5 aliphatic rings. The molecule has 7 aromatic carbocycles. The topological polar surface area (TPSA) is 275 Å². The summed E-state index contributed by atoms with van der Waals surface area (Å²) in [6, 6.07) is 62.1. The van der Waals surface area contributed by atoms with Gasteiger partial charge in [0.25, 0.3) is 20.0 Å². The van der Waals surface area contributed by atoms with Crippen molar-refractivity contribution in [2.24, 2.45) is 11.8 Å². The maximum atomic E-state index is 14.2. The van der Waals surface area contributed by atoms with Gasteiger partial charge in [-0.25, -0.2) is 54.7 Å². The van der Waals surface area contributed by atoms with Crippen LogP contribution in [-0.2, 0) is 34.3 Å². The summed E-state index contributed by atoms with van der Waals surface area (Å²) in [7, 11) is -7.94. The molecule has 3 aliphatic heterocycles. The lowest BCUT2D eigenvalue weighted by atomic mass is 10.0. The lowest BCUT2D eigenvalue weighted by Gasteiger charge is -2.28. The molecular formula is C82H73ClN14O9S2. The van der Waals surface area contributed by atoms with Crippen LogP contribution in [0.25, 0.3) is 89.4 Å². The molecule has 0 bridgehead atoms. The summed E-state index contributed by atoms with van der Waals surface area (Å²) in [6.45, 7) is 10.6. The molecular weight excluding hydrogens is 1420 g/mol. The monoisotopic (exact) mass is 1500 g/mol. The number of fused-ring (bicyclic) bond motifs is 3. The Bertz CT molecular complexity index is 5750. The number of anilines is 3. The minimum Gasteiger partial charge on any atom is -0.492 e. The molecule has 23 nitrogen and oxygen atoms in total. The van der Waals surface area contributed by atoms with Crippen LogP contribution < -0.4 is 24.2 Å². The Balaban J connectivity index is 0.000000126. The third kappa shape index (κ3) is 15.0. The van der Waals surface area contributed by atoms with Gasteiger partial charge in [-0.05, 0) is 169 Å². The molecule has 0 atom stereocenters. The molecule has 0 radical (unpaired) electrons. The quantitative estimate of drug-likeness (QED) is 0.0782. The van der Waals surface area contributed by atoms with Crippen molar-refractivity contribution in [2.75, 3.05) is 107 Å². The zero-order chi connectivity index (χ0) is 73.7. The van der Waals surface area contributed by atoms with Crippen LogP contribution in [0.5, 0.6) is 11.5 Å². The number of rotatable bonds is 18. The van der Waals surface area contributed by atoms with E-state index in [2.05, 4.69) is 92.1 Å². The molecule has 5 fully saturated rings. The molecule has 0 spiro atoms. The maximum absolute atomic E-state index is 14.2. The van der Waals surface area contributed by atoms with E-state index in [0.717, 1.165) is 121 Å². The first-order chi connectivity index (χ1) is 52.9. The Morgan fingerprint density at radius 1 is 0.435 bits per heavy atom. The van der Waals surface area contributed by atoms with Gasteiger partial charge in [-0.2, -0.15) is 10.5 Å². The fourth-order valence-corrected chi connectivity index (χ4v) is 16.7. The van der Waals surface area contributed by atoms with Gasteiger partial charge in [0, 0.05) is 83.9 Å². The Morgan fingerprint density at radius 2 is 0.824 bits per heavy atom. The lowest BCUT2D eigenvalue weighted by Crippen LogP contribution is -2.36. The fourth-order valence-electron chi connectivity index (χ4n) is 13.6. The number of aromatic amines is 1. The number of benzene rings is 7. The highest BCUT2D eigenvalue weighted by atomic mass is 35.5. The Kier molecular flexibility index (Phi) is 20.4. The number of hydrogen-bond acceptors (Lipinski definition) is 20. The molecule has 13 aromatic rings. The number of nitriles is 2. The first-order valence-corrected chi connectivity index (χ1v) is 39.1. The Hall–Kier alpha value is -11.6. The summed E-state index contributed by atoms with van der Waals surface area (Å²) in [5, 5.41) is 21.7. The number of nitrogens with one attached hydrogen (secondary N) is 1. The van der Waals surface area contributed by atoms with Crippen LogP contribution in [0.3, 0.4) is 0 Å². The molecule has 9 heterocycles. The van der Waals surface area contributed by atoms with Gasteiger partial charge in [0.2, 0.25) is 0 Å². The predicted octanol–water partition coefficient (Wildman–Crippen LogP) is 14.1. The SMILES string of the molecule is N#Cc1cc(-c2ncnc3[nH]c(-c4ccc(N5CCOCC5)cc4)cc23)ccc1OCC1CC1.N#Cc1cc(-c2ncnc3c2cc(-c2ccc(N4CCOCC4)cc2)n3S(=O)(=O)c2ccccc2)ccc1OCC1CC1.O=S(=O)(c1ccccc1)n1c(-c2ccc(N3CCOCC3)cc2)cc2c(Cl)ncnc21. The number of morpholine rings is 3. The first-order valence-electron chi connectivity index (χ1n) is 35.8. The lowest BCUT2D eigenvalue weighted by molar-refractivity contribution is 0.122. The van der Waals surface area contributed by atoms with E-state index in [-0.39, 0.29) is 26.2 Å². The van der Waals surface area contributed by atoms with Gasteiger partial charge in [-0.3, -0.25) is 0 Å². The van der Waals surface area contributed by atoms with Crippen molar-refractivity contribution in [3.05, 3.63) is 223 Å². The zero-order valence-electron chi connectivity index (χ0n) is 58.7. The second-order valence-electron chi connectivity index (χ2n) is 26.8. The standard InChI is InChI=1S/C33H29N5O4S.C27H25N5O2.C22H19ClN4O3S/c34-20-26-18-25(10-13-31(26)42-21-23-6-7-23)32-29-19-30(24-8-11-27(12-9-24)37-14-16-41-17-15-37)38(33(29)36-22-35-32)43(39,40)28-4-2-1-3-5-28;28-15-21-13-20(5-8-25(21)34-16-18-1-2-18)26-23-14-24(31-27(23)30-17-29-26)19-3-6-22(7-4-19)32-9-11-33-12-10-32;23-21-19-14-20(16-6-8-17(9-7-16)26-10-12-30-13-11-26)27(22(19)25-15-24-21)31(28,29)18-4-2-1-3-5-18/h1-5,8-13,18-19,22-23H,6-7,14-17,21H2;3-8,13-14,17-18H,1-2,9-12,16H2,(H,29,30,31);1-9,14-15H,10-13H2. The van der Waals surface area contributed by atoms with Crippen molar-refractivity contribution in [3.8, 4) is 79.9 Å². The third-order valence-corrected chi connectivity index (χ3v) is 23.5. The van der Waals surface area contributed by atoms with Gasteiger partial charge >= 0.3 is 0 Å². The van der Waals surface area contributed by atoms with Gasteiger partial charge in [-0.1, -0.05) is 84.4 Å². The normalized spacial score (nSPS) is 15.4. The van der Waals surface area contributed by atoms with Crippen molar-refractivity contribution in [3.63, 3.8) is 0 Å². The maximum Gasteiger partial charge on any atom is 0.269 e. The Morgan fingerprint density at radius 3 is 1.26 bits per heavy atom. The van der Waals surface area contributed by atoms with Crippen molar-refractivity contribution >= 4 is 81.8 Å². The number of nitrogens with zero attached hydrogens (tertiary/aromatic N) is 13. The molecule has 3 saturated heterocycles. The molecule has 6 aromatic heterocycles. The highest BCUT2D eigenvalue weighted by molar-refractivity contribution is 7.90. The van der Waals surface area contributed by atoms with Crippen LogP contribution in [0.1, 0.15) is 36.8 Å². The van der Waals surface area contributed by atoms with Crippen molar-refractivity contribution in [1.82, 2.24) is 42.8 Å². The summed E-state index contributed by atoms with van der Waals surface area (Å²) in [6.07, 6.45) is 8.93. The van der Waals surface area contributed by atoms with Gasteiger partial charge in [0.05, 0.1) is 102 Å². The molecule has 0 amide bonds. The number of ether oxygens (including phenoxy) is 5. The number of aromatic nitrogens is 9. The second kappa shape index (κ2) is 31.1. The van der Waals surface area contributed by atoms with E-state index in [9.17, 15) is 27.4 Å². The molecule has 0 unspecified atom stereocenters. The van der Waals surface area contributed by atoms with E-state index >= 15 is 0 Å². The largest absolute Gasteiger partial charge is 0.492 e. The minimum absolute atomic E-state index is 0.155. The molecule has 2 aliphatic carbocycles. The summed E-state index contributed by atoms with van der Waals surface area (Å²) in [5.41, 5.74) is 12.9. The minimum atomic E-state index is -4.03. The average Bonchev–Trinajstić information content (AvgIpc) is 1.59. The van der Waals surface area contributed by atoms with Gasteiger partial charge < -0.3 is 43.4 Å². The van der Waals surface area contributed by atoms with Crippen molar-refractivity contribution < 1.29 is 40.5 Å². The summed E-state index contributed by atoms with van der Waals surface area (Å²) < 4.78 is 86.1. The van der Waals surface area contributed by atoms with E-state index < -0.39 is 20.0 Å². The van der Waals surface area contributed by atoms with Crippen LogP contribution in [0.2, 0.25) is 5.15 Å². The summed E-state index contributed by atoms with van der Waals surface area (Å²) in [5.74, 6) is 2.36. The first kappa shape index (κ1) is 70.7. The molecule has 26 heteroatoms. The smallest absolute Gasteiger partial charge is 0.269 e. The summed E-state index contributed by atoms with van der Waals surface area (Å²) in [4.78, 5) is 36.9. The molecule has 2 saturated carbocycles. The van der Waals surface area contributed by atoms with Crippen LogP contribution in [0, 0.1) is 34.5 Å². The van der Waals surface area contributed by atoms with Crippen molar-refractivity contribution in [2.45, 2.75) is 35.5 Å². The number of H-pyrrole nitrogens is 1. The van der Waals surface area contributed by atoms with Crippen LogP contribution in [-0.4, -0.2) is 152 Å². The van der Waals surface area contributed by atoms with Gasteiger partial charge in [0.1, 0.15) is 53.4 Å². The predicted molar refractivity (Wildman–Crippen MR) is 414 cm³/mol. The molecule has 18 rings (SSSR count). The second-order valence-corrected chi connectivity index (χ2v) is 30.8. The molecule has 1 N–H and O–H groups in total. The van der Waals surface area contributed by atoms with E-state index in [1.54, 1.807) is 85.2 Å². The number of hydrogen-bond donors (Lipinski definition) is 1. The third-order valence-electron chi connectivity index (χ3n) is 19.8. The molecule has 108 heavy (non-hydrogen) atoms. The number of halogens is 1. The van der Waals surface area contributed by atoms with Crippen LogP contribution >= 0.6 is 11.6 Å². The summed E-state index contributed by atoms with van der Waals surface area (Å²) >= 11 is 6.27. The molecule has 544 valence electrons. The highest BCUT2D eigenvalue weighted by Crippen LogP contribution is 2.41. The van der Waals surface area contributed by atoms with E-state index in [1.165, 1.54) is 39.1 Å². The van der Waals surface area contributed by atoms with Crippen LogP contribution in [0.15, 0.2) is 217 Å². The van der Waals surface area contributed by atoms with Gasteiger partial charge in [-0.15, -0.1) is 0 Å². The van der Waals surface area contributed by atoms with Crippen molar-refractivity contribution in [1.29, 1.82) is 10.5 Å². The fraction of sp³-hybridized carbons (Fsp3) is 0.244. The van der Waals surface area contributed by atoms with Crippen LogP contribution in [0.4, 0.5) is 17.1 Å². The van der Waals surface area contributed by atoms with Gasteiger partial charge in [0.15, 0.2) is 11.3 Å². The van der Waals surface area contributed by atoms with E-state index in [1.807, 2.05) is 78.9 Å². The zero-order valence-corrected chi connectivity index (χ0v) is 61.1.